The predicted molar refractivity (Wildman–Crippen MR) is 139 cm³/mol. The van der Waals surface area contributed by atoms with Crippen molar-refractivity contribution in [2.75, 3.05) is 13.6 Å². The van der Waals surface area contributed by atoms with Crippen molar-refractivity contribution >= 4 is 39.0 Å². The third-order valence-corrected chi connectivity index (χ3v) is 7.18. The molecule has 0 saturated carbocycles. The van der Waals surface area contributed by atoms with E-state index in [-0.39, 0.29) is 17.9 Å². The Balaban J connectivity index is 1.33. The Morgan fingerprint density at radius 1 is 1.14 bits per heavy atom. The number of rotatable bonds is 8. The summed E-state index contributed by atoms with van der Waals surface area (Å²) in [6, 6.07) is 17.7. The average molecular weight is 486 g/mol. The van der Waals surface area contributed by atoms with Crippen LogP contribution in [0.5, 0.6) is 0 Å². The Kier molecular flexibility index (Phi) is 6.37. The number of aromatic nitrogens is 3. The molecule has 0 unspecified atom stereocenters. The van der Waals surface area contributed by atoms with Crippen LogP contribution in [0.1, 0.15) is 38.5 Å². The summed E-state index contributed by atoms with van der Waals surface area (Å²) >= 11 is 1.50. The van der Waals surface area contributed by atoms with E-state index in [1.165, 1.54) is 11.3 Å². The predicted octanol–water partition coefficient (Wildman–Crippen LogP) is 4.69. The molecule has 0 aliphatic carbocycles. The minimum atomic E-state index is -0.155. The van der Waals surface area contributed by atoms with Gasteiger partial charge in [-0.2, -0.15) is 0 Å². The number of amides is 2. The number of carbonyl (C=O) groups is 2. The number of nitrogens with zero attached hydrogens (tertiary/aromatic N) is 3. The Labute approximate surface area is 207 Å². The first-order valence-electron chi connectivity index (χ1n) is 11.6. The molecule has 1 atom stereocenters. The van der Waals surface area contributed by atoms with Gasteiger partial charge < -0.3 is 15.2 Å². The van der Waals surface area contributed by atoms with Gasteiger partial charge in [0.15, 0.2) is 4.96 Å². The molecule has 3 heterocycles. The van der Waals surface area contributed by atoms with E-state index in [4.69, 9.17) is 0 Å². The van der Waals surface area contributed by atoms with Crippen molar-refractivity contribution in [2.24, 2.45) is 0 Å². The van der Waals surface area contributed by atoms with E-state index in [1.807, 2.05) is 83.5 Å². The summed E-state index contributed by atoms with van der Waals surface area (Å²) in [6.45, 7) is 2.29. The third kappa shape index (κ3) is 4.57. The van der Waals surface area contributed by atoms with Crippen molar-refractivity contribution in [2.45, 2.75) is 25.8 Å². The normalized spacial score (nSPS) is 12.2. The molecule has 2 N–H and O–H groups in total. The van der Waals surface area contributed by atoms with Gasteiger partial charge in [0, 0.05) is 53.9 Å². The van der Waals surface area contributed by atoms with Crippen molar-refractivity contribution in [1.82, 2.24) is 24.6 Å². The maximum atomic E-state index is 13.5. The fraction of sp³-hybridized carbons (Fsp3) is 0.222. The third-order valence-electron chi connectivity index (χ3n) is 6.42. The molecule has 3 aromatic heterocycles. The Hall–Kier alpha value is -3.91. The van der Waals surface area contributed by atoms with E-state index in [1.54, 1.807) is 0 Å². The Bertz CT molecular complexity index is 1480. The lowest BCUT2D eigenvalue weighted by atomic mass is 10.0. The van der Waals surface area contributed by atoms with Gasteiger partial charge >= 0.3 is 0 Å². The zero-order valence-electron chi connectivity index (χ0n) is 19.7. The van der Waals surface area contributed by atoms with E-state index in [0.29, 0.717) is 36.3 Å². The summed E-state index contributed by atoms with van der Waals surface area (Å²) in [5.74, 6) is -0.188. The maximum absolute atomic E-state index is 13.5. The van der Waals surface area contributed by atoms with Crippen LogP contribution in [0.4, 0.5) is 0 Å². The zero-order chi connectivity index (χ0) is 24.4. The highest BCUT2D eigenvalue weighted by molar-refractivity contribution is 7.15. The standard InChI is InChI=1S/C27H27N5O2S/c1-18-24(32-15-16-35-27(32)30-18)25(33)29-13-11-20(17-19-7-4-3-5-8-19)31(2)26(34)22-9-6-10-23-21(22)12-14-28-23/h3-10,12,14-16,20,28H,11,13,17H2,1-2H3,(H,29,33)/t20-/m1/s1. The lowest BCUT2D eigenvalue weighted by molar-refractivity contribution is 0.0725. The number of thiazole rings is 1. The number of likely N-dealkylation sites (N-methyl/N-ethyl adjacent to an activating group) is 1. The van der Waals surface area contributed by atoms with Crippen LogP contribution in [0.25, 0.3) is 15.9 Å². The van der Waals surface area contributed by atoms with E-state index in [2.05, 4.69) is 27.4 Å². The van der Waals surface area contributed by atoms with Crippen LogP contribution in [-0.2, 0) is 6.42 Å². The summed E-state index contributed by atoms with van der Waals surface area (Å²) in [5.41, 5.74) is 4.02. The Morgan fingerprint density at radius 3 is 2.80 bits per heavy atom. The monoisotopic (exact) mass is 485 g/mol. The molecule has 7 nitrogen and oxygen atoms in total. The number of fused-ring (bicyclic) bond motifs is 2. The largest absolute Gasteiger partial charge is 0.361 e. The minimum Gasteiger partial charge on any atom is -0.361 e. The van der Waals surface area contributed by atoms with Crippen LogP contribution >= 0.6 is 11.3 Å². The molecule has 2 aromatic carbocycles. The van der Waals surface area contributed by atoms with Gasteiger partial charge in [-0.25, -0.2) is 4.98 Å². The molecular weight excluding hydrogens is 458 g/mol. The summed E-state index contributed by atoms with van der Waals surface area (Å²) in [5, 5.41) is 5.87. The number of aromatic amines is 1. The molecule has 0 aliphatic rings. The molecule has 0 fully saturated rings. The highest BCUT2D eigenvalue weighted by Gasteiger charge is 2.24. The van der Waals surface area contributed by atoms with Gasteiger partial charge in [-0.3, -0.25) is 14.0 Å². The molecule has 0 aliphatic heterocycles. The van der Waals surface area contributed by atoms with Crippen molar-refractivity contribution in [1.29, 1.82) is 0 Å². The number of hydrogen-bond acceptors (Lipinski definition) is 4. The highest BCUT2D eigenvalue weighted by atomic mass is 32.1. The molecule has 35 heavy (non-hydrogen) atoms. The first kappa shape index (κ1) is 22.9. The van der Waals surface area contributed by atoms with Gasteiger partial charge in [-0.15, -0.1) is 11.3 Å². The fourth-order valence-electron chi connectivity index (χ4n) is 4.55. The highest BCUT2D eigenvalue weighted by Crippen LogP contribution is 2.21. The van der Waals surface area contributed by atoms with Crippen LogP contribution in [-0.4, -0.2) is 50.7 Å². The summed E-state index contributed by atoms with van der Waals surface area (Å²) in [7, 11) is 1.85. The van der Waals surface area contributed by atoms with Gasteiger partial charge in [0.2, 0.25) is 0 Å². The van der Waals surface area contributed by atoms with Gasteiger partial charge in [0.1, 0.15) is 5.69 Å². The lowest BCUT2D eigenvalue weighted by Crippen LogP contribution is -2.41. The zero-order valence-corrected chi connectivity index (χ0v) is 20.5. The summed E-state index contributed by atoms with van der Waals surface area (Å²) in [4.78, 5) is 36.8. The van der Waals surface area contributed by atoms with E-state index >= 15 is 0 Å². The molecule has 0 spiro atoms. The van der Waals surface area contributed by atoms with Crippen LogP contribution in [0.15, 0.2) is 72.4 Å². The molecular formula is C27H27N5O2S. The lowest BCUT2D eigenvalue weighted by Gasteiger charge is -2.29. The van der Waals surface area contributed by atoms with E-state index < -0.39 is 0 Å². The average Bonchev–Trinajstić information content (AvgIpc) is 3.59. The molecule has 0 saturated heterocycles. The first-order valence-corrected chi connectivity index (χ1v) is 12.5. The number of benzene rings is 2. The topological polar surface area (TPSA) is 82.5 Å². The minimum absolute atomic E-state index is 0.0333. The SMILES string of the molecule is Cc1nc2sccn2c1C(=O)NCC[C@H](Cc1ccccc1)N(C)C(=O)c1cccc2[nH]ccc12. The summed E-state index contributed by atoms with van der Waals surface area (Å²) < 4.78 is 1.82. The molecule has 2 amide bonds. The number of aryl methyl sites for hydroxylation is 1. The molecule has 0 bridgehead atoms. The second kappa shape index (κ2) is 9.76. The molecule has 8 heteroatoms. The Morgan fingerprint density at radius 2 is 1.97 bits per heavy atom. The van der Waals surface area contributed by atoms with Crippen molar-refractivity contribution in [3.05, 3.63) is 94.9 Å². The second-order valence-corrected chi connectivity index (χ2v) is 9.52. The quantitative estimate of drug-likeness (QED) is 0.335. The van der Waals surface area contributed by atoms with Crippen LogP contribution < -0.4 is 5.32 Å². The van der Waals surface area contributed by atoms with Gasteiger partial charge in [0.05, 0.1) is 5.69 Å². The van der Waals surface area contributed by atoms with E-state index in [0.717, 1.165) is 21.4 Å². The van der Waals surface area contributed by atoms with Gasteiger partial charge in [-0.05, 0) is 43.5 Å². The molecule has 0 radical (unpaired) electrons. The summed E-state index contributed by atoms with van der Waals surface area (Å²) in [6.07, 6.45) is 5.03. The molecule has 5 aromatic rings. The number of nitrogens with one attached hydrogen (secondary N) is 2. The second-order valence-electron chi connectivity index (χ2n) is 8.65. The number of H-pyrrole nitrogens is 1. The van der Waals surface area contributed by atoms with Crippen molar-refractivity contribution in [3.8, 4) is 0 Å². The smallest absolute Gasteiger partial charge is 0.270 e. The van der Waals surface area contributed by atoms with Gasteiger partial charge in [0.25, 0.3) is 11.8 Å². The van der Waals surface area contributed by atoms with Crippen LogP contribution in [0, 0.1) is 6.92 Å². The first-order chi connectivity index (χ1) is 17.0. The maximum Gasteiger partial charge on any atom is 0.270 e. The van der Waals surface area contributed by atoms with E-state index in [9.17, 15) is 9.59 Å². The molecule has 178 valence electrons. The van der Waals surface area contributed by atoms with Crippen molar-refractivity contribution < 1.29 is 9.59 Å². The van der Waals surface area contributed by atoms with Crippen LogP contribution in [0.3, 0.4) is 0 Å². The fourth-order valence-corrected chi connectivity index (χ4v) is 5.31. The number of imidazole rings is 1. The van der Waals surface area contributed by atoms with Crippen LogP contribution in [0.2, 0.25) is 0 Å². The molecule has 5 rings (SSSR count). The van der Waals surface area contributed by atoms with Gasteiger partial charge in [-0.1, -0.05) is 36.4 Å². The number of carbonyl (C=O) groups excluding carboxylic acids is 2. The number of hydrogen-bond donors (Lipinski definition) is 2. The van der Waals surface area contributed by atoms with Crippen molar-refractivity contribution in [3.63, 3.8) is 0 Å².